The lowest BCUT2D eigenvalue weighted by atomic mass is 9.93. The normalized spacial score (nSPS) is 35.0. The molecule has 1 aliphatic heterocycles. The van der Waals surface area contributed by atoms with Gasteiger partial charge in [-0.05, 0) is 0 Å². The first-order valence-electron chi connectivity index (χ1n) is 6.28. The van der Waals surface area contributed by atoms with Crippen LogP contribution in [-0.2, 0) is 4.74 Å². The summed E-state index contributed by atoms with van der Waals surface area (Å²) in [6, 6.07) is 0. The molecule has 0 spiro atoms. The molecule has 0 aliphatic carbocycles. The fourth-order valence-corrected chi connectivity index (χ4v) is 2.29. The van der Waals surface area contributed by atoms with Gasteiger partial charge in [-0.15, -0.1) is 0 Å². The van der Waals surface area contributed by atoms with Crippen molar-refractivity contribution in [3.8, 4) is 0 Å². The zero-order valence-corrected chi connectivity index (χ0v) is 10.7. The number of hydrogen-bond acceptors (Lipinski definition) is 9. The fraction of sp³-hybridized carbons (Fsp3) is 0.545. The predicted molar refractivity (Wildman–Crippen MR) is 67.5 cm³/mol. The quantitative estimate of drug-likeness (QED) is 0.319. The minimum atomic E-state index is -1.55. The number of imidazole rings is 1. The highest BCUT2D eigenvalue weighted by atomic mass is 16.5. The Balaban J connectivity index is 1.95. The number of aromatic nitrogens is 4. The second kappa shape index (κ2) is 5.26. The van der Waals surface area contributed by atoms with Crippen LogP contribution in [0, 0.1) is 0 Å². The molecule has 6 atom stereocenters. The first kappa shape index (κ1) is 14.3. The SMILES string of the molecule is NC(O)[C@H]1OC(c2ncc3[nH]cnc3n2)[C@H](O)[C@@H](O)[C@@H]1O. The lowest BCUT2D eigenvalue weighted by Crippen LogP contribution is -2.59. The van der Waals surface area contributed by atoms with Gasteiger partial charge in [-0.3, -0.25) is 0 Å². The Morgan fingerprint density at radius 1 is 1.19 bits per heavy atom. The Labute approximate surface area is 118 Å². The van der Waals surface area contributed by atoms with Crippen molar-refractivity contribution < 1.29 is 25.2 Å². The number of hydrogen-bond donors (Lipinski definition) is 6. The first-order valence-corrected chi connectivity index (χ1v) is 6.28. The van der Waals surface area contributed by atoms with Crippen molar-refractivity contribution in [3.63, 3.8) is 0 Å². The van der Waals surface area contributed by atoms with Gasteiger partial charge in [0, 0.05) is 0 Å². The summed E-state index contributed by atoms with van der Waals surface area (Å²) in [4.78, 5) is 14.9. The zero-order valence-electron chi connectivity index (χ0n) is 10.7. The highest BCUT2D eigenvalue weighted by Gasteiger charge is 2.47. The molecule has 1 aliphatic rings. The van der Waals surface area contributed by atoms with Crippen LogP contribution >= 0.6 is 0 Å². The Morgan fingerprint density at radius 3 is 2.67 bits per heavy atom. The van der Waals surface area contributed by atoms with Crippen molar-refractivity contribution in [2.75, 3.05) is 0 Å². The average Bonchev–Trinajstić information content (AvgIpc) is 2.92. The zero-order chi connectivity index (χ0) is 15.1. The molecule has 10 nitrogen and oxygen atoms in total. The summed E-state index contributed by atoms with van der Waals surface area (Å²) >= 11 is 0. The van der Waals surface area contributed by atoms with Crippen molar-refractivity contribution >= 4 is 11.2 Å². The van der Waals surface area contributed by atoms with Crippen LogP contribution < -0.4 is 5.73 Å². The summed E-state index contributed by atoms with van der Waals surface area (Å²) in [5, 5.41) is 39.0. The molecule has 2 aromatic rings. The molecule has 1 saturated heterocycles. The number of nitrogens with zero attached hydrogens (tertiary/aromatic N) is 3. The molecule has 7 N–H and O–H groups in total. The van der Waals surface area contributed by atoms with Crippen molar-refractivity contribution in [1.82, 2.24) is 19.9 Å². The maximum atomic E-state index is 10.0. The number of nitrogens with one attached hydrogen (secondary N) is 1. The van der Waals surface area contributed by atoms with E-state index in [-0.39, 0.29) is 5.82 Å². The molecule has 2 aromatic heterocycles. The molecule has 0 bridgehead atoms. The van der Waals surface area contributed by atoms with Gasteiger partial charge in [0.15, 0.2) is 11.5 Å². The third-order valence-electron chi connectivity index (χ3n) is 3.44. The number of aromatic amines is 1. The molecule has 0 saturated carbocycles. The molecule has 1 fully saturated rings. The largest absolute Gasteiger partial charge is 0.387 e. The number of H-pyrrole nitrogens is 1. The van der Waals surface area contributed by atoms with E-state index in [9.17, 15) is 20.4 Å². The van der Waals surface area contributed by atoms with Crippen molar-refractivity contribution in [1.29, 1.82) is 0 Å². The molecule has 0 amide bonds. The smallest absolute Gasteiger partial charge is 0.180 e. The maximum Gasteiger partial charge on any atom is 0.180 e. The van der Waals surface area contributed by atoms with Crippen molar-refractivity contribution in [2.24, 2.45) is 5.73 Å². The molecule has 0 aromatic carbocycles. The average molecular weight is 297 g/mol. The van der Waals surface area contributed by atoms with Crippen LogP contribution in [0.4, 0.5) is 0 Å². The minimum absolute atomic E-state index is 0.0682. The van der Waals surface area contributed by atoms with E-state index < -0.39 is 36.7 Å². The number of ether oxygens (including phenoxy) is 1. The van der Waals surface area contributed by atoms with Gasteiger partial charge in [-0.25, -0.2) is 15.0 Å². The van der Waals surface area contributed by atoms with Gasteiger partial charge in [-0.2, -0.15) is 0 Å². The summed E-state index contributed by atoms with van der Waals surface area (Å²) in [5.41, 5.74) is 6.26. The molecule has 3 heterocycles. The molecular formula is C11H15N5O5. The monoisotopic (exact) mass is 297 g/mol. The van der Waals surface area contributed by atoms with Crippen molar-refractivity contribution in [3.05, 3.63) is 18.3 Å². The molecule has 0 radical (unpaired) electrons. The van der Waals surface area contributed by atoms with Crippen LogP contribution in [0.1, 0.15) is 11.9 Å². The molecule has 10 heteroatoms. The van der Waals surface area contributed by atoms with E-state index in [1.807, 2.05) is 0 Å². The number of aliphatic hydroxyl groups is 4. The summed E-state index contributed by atoms with van der Waals surface area (Å²) in [5.74, 6) is 0.0682. The van der Waals surface area contributed by atoms with Gasteiger partial charge >= 0.3 is 0 Å². The van der Waals surface area contributed by atoms with Crippen molar-refractivity contribution in [2.45, 2.75) is 36.7 Å². The van der Waals surface area contributed by atoms with E-state index >= 15 is 0 Å². The second-order valence-corrected chi connectivity index (χ2v) is 4.85. The number of nitrogens with two attached hydrogens (primary N) is 1. The standard InChI is InChI=1S/C11H15N5O5/c12-9(20)7-5(18)4(17)6(19)8(21-7)11-13-1-3-10(16-11)15-2-14-3/h1-2,4-9,17-20H,12H2,(H,13,14,15,16)/t4-,5-,6+,7-,8?,9?/m0/s1. The third kappa shape index (κ3) is 2.37. The van der Waals surface area contributed by atoms with E-state index in [1.165, 1.54) is 12.5 Å². The summed E-state index contributed by atoms with van der Waals surface area (Å²) in [6.07, 6.45) is -5.60. The van der Waals surface area contributed by atoms with Crippen LogP contribution in [0.25, 0.3) is 11.2 Å². The predicted octanol–water partition coefficient (Wildman–Crippen LogP) is -2.85. The fourth-order valence-electron chi connectivity index (χ4n) is 2.29. The molecule has 21 heavy (non-hydrogen) atoms. The Hall–Kier alpha value is -1.69. The lowest BCUT2D eigenvalue weighted by molar-refractivity contribution is -0.246. The first-order chi connectivity index (χ1) is 9.99. The topological polar surface area (TPSA) is 171 Å². The molecule has 114 valence electrons. The van der Waals surface area contributed by atoms with Gasteiger partial charge in [0.1, 0.15) is 42.3 Å². The van der Waals surface area contributed by atoms with E-state index in [2.05, 4.69) is 19.9 Å². The number of fused-ring (bicyclic) bond motifs is 1. The van der Waals surface area contributed by atoms with E-state index in [0.29, 0.717) is 11.2 Å². The van der Waals surface area contributed by atoms with Gasteiger partial charge < -0.3 is 35.9 Å². The summed E-state index contributed by atoms with van der Waals surface area (Å²) < 4.78 is 5.36. The highest BCUT2D eigenvalue weighted by Crippen LogP contribution is 2.31. The lowest BCUT2D eigenvalue weighted by Gasteiger charge is -2.40. The van der Waals surface area contributed by atoms with Gasteiger partial charge in [0.2, 0.25) is 0 Å². The van der Waals surface area contributed by atoms with Gasteiger partial charge in [0.25, 0.3) is 0 Å². The Bertz CT molecular complexity index is 634. The van der Waals surface area contributed by atoms with Crippen LogP contribution in [-0.4, -0.2) is 71.0 Å². The Kier molecular flexibility index (Phi) is 3.57. The Morgan fingerprint density at radius 2 is 1.95 bits per heavy atom. The van der Waals surface area contributed by atoms with E-state index in [4.69, 9.17) is 10.5 Å². The van der Waals surface area contributed by atoms with E-state index in [1.54, 1.807) is 0 Å². The van der Waals surface area contributed by atoms with Gasteiger partial charge in [-0.1, -0.05) is 0 Å². The minimum Gasteiger partial charge on any atom is -0.387 e. The molecule has 2 unspecified atom stereocenters. The number of rotatable bonds is 2. The maximum absolute atomic E-state index is 10.0. The summed E-state index contributed by atoms with van der Waals surface area (Å²) in [7, 11) is 0. The van der Waals surface area contributed by atoms with E-state index in [0.717, 1.165) is 0 Å². The molecule has 3 rings (SSSR count). The van der Waals surface area contributed by atoms with Crippen LogP contribution in [0.15, 0.2) is 12.5 Å². The number of aliphatic hydroxyl groups excluding tert-OH is 4. The van der Waals surface area contributed by atoms with Crippen LogP contribution in [0.5, 0.6) is 0 Å². The summed E-state index contributed by atoms with van der Waals surface area (Å²) in [6.45, 7) is 0. The van der Waals surface area contributed by atoms with Crippen LogP contribution in [0.2, 0.25) is 0 Å². The van der Waals surface area contributed by atoms with Gasteiger partial charge in [0.05, 0.1) is 12.5 Å². The second-order valence-electron chi connectivity index (χ2n) is 4.85. The third-order valence-corrected chi connectivity index (χ3v) is 3.44. The molecular weight excluding hydrogens is 282 g/mol. The van der Waals surface area contributed by atoms with Crippen LogP contribution in [0.3, 0.4) is 0 Å². The highest BCUT2D eigenvalue weighted by molar-refractivity contribution is 5.68.